The van der Waals surface area contributed by atoms with Gasteiger partial charge in [-0.15, -0.1) is 0 Å². The molecule has 0 radical (unpaired) electrons. The van der Waals surface area contributed by atoms with Gasteiger partial charge in [-0.25, -0.2) is 4.98 Å². The summed E-state index contributed by atoms with van der Waals surface area (Å²) in [4.78, 5) is 18.8. The SMILES string of the molecule is O=c1cc(C2CCNCC2)nc(-c2cccc(C(F)(F)F)c2)[nH]1. The molecule has 23 heavy (non-hydrogen) atoms. The van der Waals surface area contributed by atoms with Crippen LogP contribution in [0.15, 0.2) is 35.1 Å². The Morgan fingerprint density at radius 1 is 1.13 bits per heavy atom. The fourth-order valence-corrected chi connectivity index (χ4v) is 2.78. The van der Waals surface area contributed by atoms with Gasteiger partial charge in [0.25, 0.3) is 5.56 Å². The van der Waals surface area contributed by atoms with Crippen molar-refractivity contribution in [1.29, 1.82) is 0 Å². The van der Waals surface area contributed by atoms with Crippen molar-refractivity contribution in [1.82, 2.24) is 15.3 Å². The third kappa shape index (κ3) is 3.61. The number of hydrogen-bond donors (Lipinski definition) is 2. The van der Waals surface area contributed by atoms with E-state index < -0.39 is 11.7 Å². The van der Waals surface area contributed by atoms with Crippen LogP contribution in [0, 0.1) is 0 Å². The monoisotopic (exact) mass is 323 g/mol. The van der Waals surface area contributed by atoms with Crippen LogP contribution in [0.5, 0.6) is 0 Å². The van der Waals surface area contributed by atoms with E-state index in [1.165, 1.54) is 18.2 Å². The van der Waals surface area contributed by atoms with E-state index in [0.29, 0.717) is 5.69 Å². The molecular formula is C16H16F3N3O. The first-order valence-corrected chi connectivity index (χ1v) is 7.43. The Bertz CT molecular complexity index is 749. The zero-order chi connectivity index (χ0) is 16.4. The van der Waals surface area contributed by atoms with Crippen LogP contribution in [-0.4, -0.2) is 23.1 Å². The molecule has 0 bridgehead atoms. The van der Waals surface area contributed by atoms with Gasteiger partial charge in [-0.1, -0.05) is 12.1 Å². The Labute approximate surface area is 130 Å². The van der Waals surface area contributed by atoms with Gasteiger partial charge < -0.3 is 10.3 Å². The Hall–Kier alpha value is -2.15. The quantitative estimate of drug-likeness (QED) is 0.893. The second-order valence-corrected chi connectivity index (χ2v) is 5.62. The Balaban J connectivity index is 2.00. The molecule has 0 aliphatic carbocycles. The Morgan fingerprint density at radius 3 is 2.57 bits per heavy atom. The number of alkyl halides is 3. The second kappa shape index (κ2) is 6.16. The normalized spacial score (nSPS) is 16.5. The molecule has 2 heterocycles. The fourth-order valence-electron chi connectivity index (χ4n) is 2.78. The van der Waals surface area contributed by atoms with Gasteiger partial charge in [0.05, 0.1) is 11.3 Å². The Kier molecular flexibility index (Phi) is 4.21. The number of H-pyrrole nitrogens is 1. The van der Waals surface area contributed by atoms with Crippen molar-refractivity contribution in [2.45, 2.75) is 24.9 Å². The van der Waals surface area contributed by atoms with E-state index in [-0.39, 0.29) is 22.9 Å². The fraction of sp³-hybridized carbons (Fsp3) is 0.375. The second-order valence-electron chi connectivity index (χ2n) is 5.62. The van der Waals surface area contributed by atoms with E-state index in [1.807, 2.05) is 0 Å². The van der Waals surface area contributed by atoms with Crippen molar-refractivity contribution in [3.63, 3.8) is 0 Å². The third-order valence-corrected chi connectivity index (χ3v) is 3.98. The molecule has 0 unspecified atom stereocenters. The highest BCUT2D eigenvalue weighted by Gasteiger charge is 2.30. The van der Waals surface area contributed by atoms with E-state index in [0.717, 1.165) is 38.1 Å². The molecule has 7 heteroatoms. The molecule has 4 nitrogen and oxygen atoms in total. The van der Waals surface area contributed by atoms with E-state index >= 15 is 0 Å². The lowest BCUT2D eigenvalue weighted by atomic mass is 9.94. The molecule has 1 aliphatic heterocycles. The van der Waals surface area contributed by atoms with Crippen molar-refractivity contribution >= 4 is 0 Å². The molecule has 2 aromatic rings. The van der Waals surface area contributed by atoms with Crippen LogP contribution in [0.3, 0.4) is 0 Å². The molecule has 1 aromatic carbocycles. The lowest BCUT2D eigenvalue weighted by Gasteiger charge is -2.22. The predicted molar refractivity (Wildman–Crippen MR) is 80.1 cm³/mol. The van der Waals surface area contributed by atoms with Crippen molar-refractivity contribution in [3.8, 4) is 11.4 Å². The van der Waals surface area contributed by atoms with Gasteiger partial charge in [0.1, 0.15) is 5.82 Å². The lowest BCUT2D eigenvalue weighted by Crippen LogP contribution is -2.28. The number of halogens is 3. The molecule has 0 saturated carbocycles. The maximum Gasteiger partial charge on any atom is 0.416 e. The van der Waals surface area contributed by atoms with Crippen LogP contribution >= 0.6 is 0 Å². The number of hydrogen-bond acceptors (Lipinski definition) is 3. The van der Waals surface area contributed by atoms with E-state index in [2.05, 4.69) is 15.3 Å². The molecule has 0 atom stereocenters. The summed E-state index contributed by atoms with van der Waals surface area (Å²) in [7, 11) is 0. The highest BCUT2D eigenvalue weighted by Crippen LogP contribution is 2.31. The molecule has 0 amide bonds. The number of benzene rings is 1. The highest BCUT2D eigenvalue weighted by atomic mass is 19.4. The van der Waals surface area contributed by atoms with Crippen molar-refractivity contribution in [2.75, 3.05) is 13.1 Å². The van der Waals surface area contributed by atoms with Crippen LogP contribution < -0.4 is 10.9 Å². The first kappa shape index (κ1) is 15.7. The standard InChI is InChI=1S/C16H16F3N3O/c17-16(18,19)12-3-1-2-11(8-12)15-21-13(9-14(23)22-15)10-4-6-20-7-5-10/h1-3,8-10,20H,4-7H2,(H,21,22,23). The zero-order valence-corrected chi connectivity index (χ0v) is 12.3. The average molecular weight is 323 g/mol. The van der Waals surface area contributed by atoms with Crippen LogP contribution in [0.2, 0.25) is 0 Å². The predicted octanol–water partition coefficient (Wildman–Crippen LogP) is 2.92. The van der Waals surface area contributed by atoms with Crippen LogP contribution in [0.4, 0.5) is 13.2 Å². The third-order valence-electron chi connectivity index (χ3n) is 3.98. The maximum atomic E-state index is 12.8. The number of nitrogens with one attached hydrogen (secondary N) is 2. The molecule has 2 N–H and O–H groups in total. The summed E-state index contributed by atoms with van der Waals surface area (Å²) in [5.74, 6) is 0.334. The molecule has 1 fully saturated rings. The number of piperidine rings is 1. The lowest BCUT2D eigenvalue weighted by molar-refractivity contribution is -0.137. The van der Waals surface area contributed by atoms with Crippen LogP contribution in [0.25, 0.3) is 11.4 Å². The summed E-state index contributed by atoms with van der Waals surface area (Å²) in [6.07, 6.45) is -2.71. The van der Waals surface area contributed by atoms with Gasteiger partial charge in [0.2, 0.25) is 0 Å². The van der Waals surface area contributed by atoms with Gasteiger partial charge in [0.15, 0.2) is 0 Å². The average Bonchev–Trinajstić information content (AvgIpc) is 2.54. The minimum absolute atomic E-state index is 0.156. The number of nitrogens with zero attached hydrogens (tertiary/aromatic N) is 1. The number of rotatable bonds is 2. The smallest absolute Gasteiger partial charge is 0.317 e. The zero-order valence-electron chi connectivity index (χ0n) is 12.3. The van der Waals surface area contributed by atoms with Gasteiger partial charge >= 0.3 is 6.18 Å². The largest absolute Gasteiger partial charge is 0.416 e. The van der Waals surface area contributed by atoms with Crippen LogP contribution in [-0.2, 0) is 6.18 Å². The number of aromatic amines is 1. The molecule has 1 saturated heterocycles. The van der Waals surface area contributed by atoms with E-state index in [9.17, 15) is 18.0 Å². The molecular weight excluding hydrogens is 307 g/mol. The minimum atomic E-state index is -4.43. The molecule has 122 valence electrons. The molecule has 0 spiro atoms. The molecule has 1 aromatic heterocycles. The first-order chi connectivity index (χ1) is 10.9. The number of aromatic nitrogens is 2. The molecule has 3 rings (SSSR count). The van der Waals surface area contributed by atoms with Gasteiger partial charge in [-0.3, -0.25) is 4.79 Å². The van der Waals surface area contributed by atoms with Gasteiger partial charge in [-0.2, -0.15) is 13.2 Å². The first-order valence-electron chi connectivity index (χ1n) is 7.43. The minimum Gasteiger partial charge on any atom is -0.317 e. The van der Waals surface area contributed by atoms with E-state index in [4.69, 9.17) is 0 Å². The van der Waals surface area contributed by atoms with Crippen molar-refractivity contribution < 1.29 is 13.2 Å². The van der Waals surface area contributed by atoms with Crippen molar-refractivity contribution in [2.24, 2.45) is 0 Å². The summed E-state index contributed by atoms with van der Waals surface area (Å²) < 4.78 is 38.5. The summed E-state index contributed by atoms with van der Waals surface area (Å²) in [5.41, 5.74) is -0.207. The van der Waals surface area contributed by atoms with E-state index in [1.54, 1.807) is 0 Å². The van der Waals surface area contributed by atoms with Crippen molar-refractivity contribution in [3.05, 3.63) is 51.9 Å². The van der Waals surface area contributed by atoms with Crippen LogP contribution in [0.1, 0.15) is 30.0 Å². The Morgan fingerprint density at radius 2 is 1.87 bits per heavy atom. The highest BCUT2D eigenvalue weighted by molar-refractivity contribution is 5.56. The summed E-state index contributed by atoms with van der Waals surface area (Å²) >= 11 is 0. The molecule has 1 aliphatic rings. The summed E-state index contributed by atoms with van der Waals surface area (Å²) in [6, 6.07) is 6.27. The maximum absolute atomic E-state index is 12.8. The topological polar surface area (TPSA) is 57.8 Å². The van der Waals surface area contributed by atoms with Gasteiger partial charge in [0, 0.05) is 17.5 Å². The summed E-state index contributed by atoms with van der Waals surface area (Å²) in [5, 5.41) is 3.23. The van der Waals surface area contributed by atoms with Gasteiger partial charge in [-0.05, 0) is 38.1 Å². The summed E-state index contributed by atoms with van der Waals surface area (Å²) in [6.45, 7) is 1.69.